The molecule has 3 heteroatoms. The van der Waals surface area contributed by atoms with Crippen LogP contribution in [0.1, 0.15) is 101 Å². The Labute approximate surface area is 373 Å². The minimum atomic E-state index is 0.0635. The molecule has 0 amide bonds. The number of nitrogens with one attached hydrogen (secondary N) is 1. The van der Waals surface area contributed by atoms with Crippen molar-refractivity contribution in [2.24, 2.45) is 0 Å². The van der Waals surface area contributed by atoms with Crippen LogP contribution in [0.2, 0.25) is 0 Å². The van der Waals surface area contributed by atoms with Crippen molar-refractivity contribution in [2.45, 2.75) is 96.1 Å². The zero-order valence-corrected chi connectivity index (χ0v) is 37.7. The fourth-order valence-electron chi connectivity index (χ4n) is 10.6. The monoisotopic (exact) mass is 828 g/mol. The minimum Gasteiger partial charge on any atom is -0.309 e. The Hall–Kier alpha value is -5.74. The number of allylic oxidation sites excluding steroid dienone is 6. The number of hydrogen-bond acceptors (Lipinski definition) is 2. The van der Waals surface area contributed by atoms with Crippen LogP contribution in [0.3, 0.4) is 0 Å². The van der Waals surface area contributed by atoms with Gasteiger partial charge in [0.1, 0.15) is 0 Å². The maximum atomic E-state index is 4.36. The molecule has 1 saturated carbocycles. The lowest BCUT2D eigenvalue weighted by molar-refractivity contribution is 0.0654. The Morgan fingerprint density at radius 2 is 1.45 bits per heavy atom. The number of rotatable bonds is 13. The second kappa shape index (κ2) is 17.9. The summed E-state index contributed by atoms with van der Waals surface area (Å²) in [6.45, 7) is 14.8. The number of piperidine rings is 1. The fraction of sp³-hybridized carbons (Fsp3) is 0.254. The van der Waals surface area contributed by atoms with Crippen molar-refractivity contribution in [1.82, 2.24) is 9.88 Å². The summed E-state index contributed by atoms with van der Waals surface area (Å²) in [6, 6.07) is 38.7. The second-order valence-electron chi connectivity index (χ2n) is 17.5. The maximum absolute atomic E-state index is 4.36. The Bertz CT molecular complexity index is 2910. The van der Waals surface area contributed by atoms with Crippen molar-refractivity contribution in [2.75, 3.05) is 0 Å². The molecule has 3 fully saturated rings. The number of aromatic nitrogens is 1. The molecule has 2 bridgehead atoms. The molecule has 5 heterocycles. The molecule has 7 aromatic rings. The molecule has 62 heavy (non-hydrogen) atoms. The molecule has 5 aromatic carbocycles. The molecule has 312 valence electrons. The van der Waals surface area contributed by atoms with Gasteiger partial charge in [-0.15, -0.1) is 11.3 Å². The van der Waals surface area contributed by atoms with Gasteiger partial charge in [-0.05, 0) is 127 Å². The van der Waals surface area contributed by atoms with Crippen molar-refractivity contribution >= 4 is 60.1 Å². The van der Waals surface area contributed by atoms with Crippen molar-refractivity contribution in [3.63, 3.8) is 0 Å². The number of unbranched alkanes of at least 4 members (excludes halogenated alkanes) is 4. The van der Waals surface area contributed by atoms with E-state index in [9.17, 15) is 0 Å². The molecule has 5 aliphatic rings. The van der Waals surface area contributed by atoms with Crippen LogP contribution in [-0.4, -0.2) is 15.6 Å². The van der Waals surface area contributed by atoms with Crippen LogP contribution in [0.4, 0.5) is 0 Å². The van der Waals surface area contributed by atoms with Gasteiger partial charge in [0.2, 0.25) is 0 Å². The van der Waals surface area contributed by atoms with Gasteiger partial charge >= 0.3 is 0 Å². The van der Waals surface area contributed by atoms with Gasteiger partial charge in [0.05, 0.1) is 11.2 Å². The highest BCUT2D eigenvalue weighted by Gasteiger charge is 2.58. The number of hydrogen-bond donors (Lipinski definition) is 1. The topological polar surface area (TPSA) is 17.0 Å². The lowest BCUT2D eigenvalue weighted by Gasteiger charge is -2.61. The Morgan fingerprint density at radius 1 is 0.758 bits per heavy atom. The summed E-state index contributed by atoms with van der Waals surface area (Å²) in [5.74, 6) is 0. The zero-order chi connectivity index (χ0) is 42.7. The summed E-state index contributed by atoms with van der Waals surface area (Å²) in [4.78, 5) is 0. The first-order chi connectivity index (χ1) is 30.4. The molecule has 2 aromatic heterocycles. The molecule has 0 spiro atoms. The highest BCUT2D eigenvalue weighted by Crippen LogP contribution is 2.55. The summed E-state index contributed by atoms with van der Waals surface area (Å²) in [7, 11) is 0. The summed E-state index contributed by atoms with van der Waals surface area (Å²) >= 11 is 1.86. The lowest BCUT2D eigenvalue weighted by Crippen LogP contribution is -2.73. The van der Waals surface area contributed by atoms with E-state index in [4.69, 9.17) is 0 Å². The average Bonchev–Trinajstić information content (AvgIpc) is 3.73. The maximum Gasteiger partial charge on any atom is 0.0541 e. The first-order valence-corrected chi connectivity index (χ1v) is 23.8. The van der Waals surface area contributed by atoms with Gasteiger partial charge in [-0.3, -0.25) is 5.32 Å². The van der Waals surface area contributed by atoms with E-state index in [1.807, 2.05) is 29.6 Å². The quantitative estimate of drug-likeness (QED) is 0.0905. The van der Waals surface area contributed by atoms with Gasteiger partial charge in [-0.1, -0.05) is 168 Å². The molecule has 2 saturated heterocycles. The van der Waals surface area contributed by atoms with E-state index in [-0.39, 0.29) is 11.1 Å². The molecule has 3 aliphatic heterocycles. The molecule has 2 nitrogen and oxygen atoms in total. The van der Waals surface area contributed by atoms with Gasteiger partial charge in [-0.2, -0.15) is 0 Å². The van der Waals surface area contributed by atoms with Crippen molar-refractivity contribution in [3.05, 3.63) is 181 Å². The molecule has 2 aliphatic carbocycles. The largest absolute Gasteiger partial charge is 0.309 e. The predicted molar refractivity (Wildman–Crippen MR) is 273 cm³/mol. The van der Waals surface area contributed by atoms with Crippen LogP contribution in [0, 0.1) is 0 Å². The van der Waals surface area contributed by atoms with E-state index in [2.05, 4.69) is 183 Å². The first-order valence-electron chi connectivity index (χ1n) is 23.0. The molecule has 2 unspecified atom stereocenters. The summed E-state index contributed by atoms with van der Waals surface area (Å²) < 4.78 is 5.02. The smallest absolute Gasteiger partial charge is 0.0541 e. The summed E-state index contributed by atoms with van der Waals surface area (Å²) in [5, 5.41) is 7.83. The summed E-state index contributed by atoms with van der Waals surface area (Å²) in [6.07, 6.45) is 32.3. The molecule has 12 rings (SSSR count). The molecule has 1 N–H and O–H groups in total. The van der Waals surface area contributed by atoms with Crippen LogP contribution in [0.15, 0.2) is 159 Å². The minimum absolute atomic E-state index is 0.0635. The normalized spacial score (nSPS) is 19.1. The standard InChI is InChI=1S/C52H44N2S.C7H16/c1-4-7-8-16-35-17-9-10-18-40(35)36-23-26-49-44(32-36)45-33-38(24-27-50(45)55-49)54-47(15-5-2)39(6-3)43-31-37(22-25-48(43)54)41-19-11-12-20-42(41)46-21-13-28-51-29-14-30-52(46,34-51)53-51;1-3-5-7-6-4-2/h4-13,15,17-28,31-33,53H,1,3,14,16,29-30,34H2,2H3;3-7H2,1-2H3/b8-7-,15-5-;. The zero-order valence-electron chi connectivity index (χ0n) is 36.9. The van der Waals surface area contributed by atoms with Crippen molar-refractivity contribution in [3.8, 4) is 27.9 Å². The summed E-state index contributed by atoms with van der Waals surface area (Å²) in [5.41, 5.74) is 14.0. The van der Waals surface area contributed by atoms with E-state index in [0.29, 0.717) is 0 Å². The highest BCUT2D eigenvalue weighted by molar-refractivity contribution is 7.25. The average molecular weight is 829 g/mol. The predicted octanol–water partition coefficient (Wildman–Crippen LogP) is 16.9. The van der Waals surface area contributed by atoms with E-state index >= 15 is 0 Å². The van der Waals surface area contributed by atoms with E-state index in [0.717, 1.165) is 23.4 Å². The third kappa shape index (κ3) is 7.61. The fourth-order valence-corrected chi connectivity index (χ4v) is 11.7. The van der Waals surface area contributed by atoms with Crippen molar-refractivity contribution < 1.29 is 0 Å². The highest BCUT2D eigenvalue weighted by atomic mass is 32.1. The molecule has 0 radical (unpaired) electrons. The van der Waals surface area contributed by atoms with E-state index < -0.39 is 0 Å². The van der Waals surface area contributed by atoms with E-state index in [1.165, 1.54) is 128 Å². The van der Waals surface area contributed by atoms with Gasteiger partial charge in [0.15, 0.2) is 0 Å². The van der Waals surface area contributed by atoms with Crippen LogP contribution in [0.25, 0.3) is 76.7 Å². The molecular formula is C59H60N2S. The van der Waals surface area contributed by atoms with Crippen molar-refractivity contribution in [1.29, 1.82) is 0 Å². The van der Waals surface area contributed by atoms with Crippen LogP contribution in [0.5, 0.6) is 0 Å². The Morgan fingerprint density at radius 3 is 2.21 bits per heavy atom. The van der Waals surface area contributed by atoms with Gasteiger partial charge in [0.25, 0.3) is 0 Å². The SMILES string of the molecule is C=C/C=C\Cc1ccccc1-c1ccc2sc3ccc(-n4c(/C=C\C)c(C=C)c5cc(-c6ccccc6C6=CC=CC78CCCC6(C7)N8)ccc54)cc3c2c1.CCCCCCC. The molecule has 2 atom stereocenters. The third-order valence-electron chi connectivity index (χ3n) is 13.5. The Balaban J connectivity index is 0.000000648. The van der Waals surface area contributed by atoms with Crippen LogP contribution in [-0.2, 0) is 6.42 Å². The third-order valence-corrected chi connectivity index (χ3v) is 14.6. The van der Waals surface area contributed by atoms with Gasteiger partial charge in [0, 0.05) is 47.9 Å². The Kier molecular flexibility index (Phi) is 12.0. The van der Waals surface area contributed by atoms with E-state index in [1.54, 1.807) is 0 Å². The lowest BCUT2D eigenvalue weighted by atomic mass is 9.59. The number of thiophene rings is 1. The molecular weight excluding hydrogens is 769 g/mol. The van der Waals surface area contributed by atoms with Crippen LogP contribution >= 0.6 is 11.3 Å². The van der Waals surface area contributed by atoms with Crippen LogP contribution < -0.4 is 5.32 Å². The van der Waals surface area contributed by atoms with Gasteiger partial charge < -0.3 is 4.57 Å². The van der Waals surface area contributed by atoms with Gasteiger partial charge in [-0.25, -0.2) is 0 Å². The second-order valence-corrected chi connectivity index (χ2v) is 18.6. The number of fused-ring (bicyclic) bond motifs is 7. The number of nitrogens with zero attached hydrogens (tertiary/aromatic N) is 1. The first kappa shape index (κ1) is 41.6. The number of benzene rings is 5.